The summed E-state index contributed by atoms with van der Waals surface area (Å²) in [5.41, 5.74) is 2.44. The summed E-state index contributed by atoms with van der Waals surface area (Å²) < 4.78 is 11.2. The van der Waals surface area contributed by atoms with Crippen LogP contribution in [0.3, 0.4) is 0 Å². The molecule has 0 atom stereocenters. The van der Waals surface area contributed by atoms with E-state index in [4.69, 9.17) is 21.1 Å². The number of amides is 1. The molecule has 0 bridgehead atoms. The molecular weight excluding hydrogens is 338 g/mol. The molecule has 1 N–H and O–H groups in total. The molecule has 1 aliphatic heterocycles. The molecule has 2 aromatic carbocycles. The molecule has 1 heterocycles. The van der Waals surface area contributed by atoms with Crippen LogP contribution in [0.4, 0.5) is 5.69 Å². The van der Waals surface area contributed by atoms with Crippen molar-refractivity contribution >= 4 is 29.3 Å². The van der Waals surface area contributed by atoms with Crippen molar-refractivity contribution in [3.05, 3.63) is 70.8 Å². The van der Waals surface area contributed by atoms with E-state index in [2.05, 4.69) is 5.32 Å². The lowest BCUT2D eigenvalue weighted by Gasteiger charge is -2.16. The van der Waals surface area contributed by atoms with Crippen LogP contribution in [0, 0.1) is 0 Å². The van der Waals surface area contributed by atoms with Crippen molar-refractivity contribution < 1.29 is 14.3 Å². The van der Waals surface area contributed by atoms with Crippen molar-refractivity contribution in [3.63, 3.8) is 0 Å². The van der Waals surface area contributed by atoms with Gasteiger partial charge in [0, 0.05) is 16.7 Å². The monoisotopic (exact) mass is 355 g/mol. The molecule has 128 valence electrons. The molecular formula is C20H18ClNO3. The number of halogens is 1. The van der Waals surface area contributed by atoms with Gasteiger partial charge in [0.2, 0.25) is 5.91 Å². The molecule has 25 heavy (non-hydrogen) atoms. The third-order valence-electron chi connectivity index (χ3n) is 3.60. The standard InChI is InChI=1S/C20H18ClNO3/c1-2-24-19-6-4-3-5-17(19)22-20(23)10-7-14-11-15-12-16(21)8-9-18(15)25-13-14/h3-12H,2,13H2,1H3,(H,22,23)/b10-7-. The van der Waals surface area contributed by atoms with Crippen molar-refractivity contribution in [2.75, 3.05) is 18.5 Å². The number of rotatable bonds is 5. The van der Waals surface area contributed by atoms with Gasteiger partial charge in [-0.15, -0.1) is 0 Å². The highest BCUT2D eigenvalue weighted by Crippen LogP contribution is 2.29. The van der Waals surface area contributed by atoms with E-state index in [0.29, 0.717) is 29.7 Å². The predicted molar refractivity (Wildman–Crippen MR) is 100 cm³/mol. The first-order valence-corrected chi connectivity index (χ1v) is 8.37. The Balaban J connectivity index is 1.69. The number of benzene rings is 2. The fraction of sp³-hybridized carbons (Fsp3) is 0.150. The van der Waals surface area contributed by atoms with E-state index in [1.165, 1.54) is 6.08 Å². The molecule has 0 aliphatic carbocycles. The SMILES string of the molecule is CCOc1ccccc1NC(=O)/C=C\C1=Cc2cc(Cl)ccc2OC1. The smallest absolute Gasteiger partial charge is 0.248 e. The normalized spacial score (nSPS) is 13.0. The third-order valence-corrected chi connectivity index (χ3v) is 3.84. The molecule has 2 aromatic rings. The number of carbonyl (C=O) groups excluding carboxylic acids is 1. The van der Waals surface area contributed by atoms with Crippen molar-refractivity contribution in [1.29, 1.82) is 0 Å². The van der Waals surface area contributed by atoms with Gasteiger partial charge in [0.25, 0.3) is 0 Å². The Bertz CT molecular complexity index is 843. The van der Waals surface area contributed by atoms with Crippen LogP contribution in [0.25, 0.3) is 6.08 Å². The van der Waals surface area contributed by atoms with E-state index in [1.807, 2.05) is 43.3 Å². The number of anilines is 1. The molecule has 0 saturated carbocycles. The molecule has 0 aromatic heterocycles. The first kappa shape index (κ1) is 17.1. The van der Waals surface area contributed by atoms with Crippen LogP contribution >= 0.6 is 11.6 Å². The quantitative estimate of drug-likeness (QED) is 0.790. The average Bonchev–Trinajstić information content (AvgIpc) is 2.61. The molecule has 0 radical (unpaired) electrons. The second-order valence-corrected chi connectivity index (χ2v) is 5.88. The lowest BCUT2D eigenvalue weighted by molar-refractivity contribution is -0.111. The van der Waals surface area contributed by atoms with Gasteiger partial charge >= 0.3 is 0 Å². The van der Waals surface area contributed by atoms with Crippen molar-refractivity contribution in [2.24, 2.45) is 0 Å². The van der Waals surface area contributed by atoms with Crippen molar-refractivity contribution in [1.82, 2.24) is 0 Å². The van der Waals surface area contributed by atoms with Gasteiger partial charge in [0.1, 0.15) is 18.1 Å². The Hall–Kier alpha value is -2.72. The zero-order valence-corrected chi connectivity index (χ0v) is 14.5. The fourth-order valence-electron chi connectivity index (χ4n) is 2.47. The summed E-state index contributed by atoms with van der Waals surface area (Å²) in [6.07, 6.45) is 5.18. The summed E-state index contributed by atoms with van der Waals surface area (Å²) in [4.78, 5) is 12.2. The van der Waals surface area contributed by atoms with Gasteiger partial charge in [-0.05, 0) is 48.9 Å². The van der Waals surface area contributed by atoms with Gasteiger partial charge in [-0.2, -0.15) is 0 Å². The minimum atomic E-state index is -0.232. The summed E-state index contributed by atoms with van der Waals surface area (Å²) in [5, 5.41) is 3.47. The lowest BCUT2D eigenvalue weighted by Crippen LogP contribution is -2.10. The first-order valence-electron chi connectivity index (χ1n) is 7.99. The van der Waals surface area contributed by atoms with Crippen LogP contribution < -0.4 is 14.8 Å². The number of fused-ring (bicyclic) bond motifs is 1. The molecule has 0 saturated heterocycles. The number of para-hydroxylation sites is 2. The van der Waals surface area contributed by atoms with Gasteiger partial charge in [0.15, 0.2) is 0 Å². The zero-order valence-electron chi connectivity index (χ0n) is 13.8. The summed E-state index contributed by atoms with van der Waals surface area (Å²) >= 11 is 6.00. The second kappa shape index (κ2) is 7.90. The maximum absolute atomic E-state index is 12.2. The molecule has 4 nitrogen and oxygen atoms in total. The number of hydrogen-bond acceptors (Lipinski definition) is 3. The highest BCUT2D eigenvalue weighted by molar-refractivity contribution is 6.30. The number of nitrogens with one attached hydrogen (secondary N) is 1. The topological polar surface area (TPSA) is 47.6 Å². The van der Waals surface area contributed by atoms with E-state index >= 15 is 0 Å². The summed E-state index contributed by atoms with van der Waals surface area (Å²) in [6.45, 7) is 2.85. The van der Waals surface area contributed by atoms with E-state index in [9.17, 15) is 4.79 Å². The van der Waals surface area contributed by atoms with Crippen LogP contribution in [0.2, 0.25) is 5.02 Å². The highest BCUT2D eigenvalue weighted by Gasteiger charge is 2.10. The summed E-state index contributed by atoms with van der Waals surface area (Å²) in [5.74, 6) is 1.21. The summed E-state index contributed by atoms with van der Waals surface area (Å²) in [6, 6.07) is 12.8. The van der Waals surface area contributed by atoms with E-state index in [-0.39, 0.29) is 5.91 Å². The molecule has 1 amide bonds. The summed E-state index contributed by atoms with van der Waals surface area (Å²) in [7, 11) is 0. The van der Waals surface area contributed by atoms with E-state index in [1.54, 1.807) is 18.2 Å². The molecule has 1 aliphatic rings. The van der Waals surface area contributed by atoms with Crippen molar-refractivity contribution in [2.45, 2.75) is 6.92 Å². The minimum Gasteiger partial charge on any atom is -0.492 e. The Morgan fingerprint density at radius 3 is 3.00 bits per heavy atom. The number of carbonyl (C=O) groups is 1. The van der Waals surface area contributed by atoms with Crippen LogP contribution in [0.1, 0.15) is 12.5 Å². The molecule has 0 fully saturated rings. The lowest BCUT2D eigenvalue weighted by atomic mass is 10.1. The third kappa shape index (κ3) is 4.43. The Labute approximate surface area is 151 Å². The predicted octanol–water partition coefficient (Wildman–Crippen LogP) is 4.71. The van der Waals surface area contributed by atoms with Gasteiger partial charge < -0.3 is 14.8 Å². The van der Waals surface area contributed by atoms with Crippen LogP contribution in [0.15, 0.2) is 60.2 Å². The van der Waals surface area contributed by atoms with E-state index in [0.717, 1.165) is 16.9 Å². The highest BCUT2D eigenvalue weighted by atomic mass is 35.5. The number of ether oxygens (including phenoxy) is 2. The minimum absolute atomic E-state index is 0.232. The fourth-order valence-corrected chi connectivity index (χ4v) is 2.65. The van der Waals surface area contributed by atoms with E-state index < -0.39 is 0 Å². The van der Waals surface area contributed by atoms with Crippen LogP contribution in [0.5, 0.6) is 11.5 Å². The van der Waals surface area contributed by atoms with Gasteiger partial charge in [-0.3, -0.25) is 4.79 Å². The molecule has 0 spiro atoms. The maximum Gasteiger partial charge on any atom is 0.248 e. The Morgan fingerprint density at radius 1 is 1.32 bits per heavy atom. The second-order valence-electron chi connectivity index (χ2n) is 5.44. The largest absolute Gasteiger partial charge is 0.492 e. The average molecular weight is 356 g/mol. The Kier molecular flexibility index (Phi) is 5.41. The maximum atomic E-state index is 12.2. The first-order chi connectivity index (χ1) is 12.2. The molecule has 3 rings (SSSR count). The zero-order chi connectivity index (χ0) is 17.6. The number of hydrogen-bond donors (Lipinski definition) is 1. The Morgan fingerprint density at radius 2 is 2.16 bits per heavy atom. The van der Waals surface area contributed by atoms with Gasteiger partial charge in [0.05, 0.1) is 12.3 Å². The molecule has 0 unspecified atom stereocenters. The van der Waals surface area contributed by atoms with Gasteiger partial charge in [-0.1, -0.05) is 29.8 Å². The molecule has 5 heteroatoms. The van der Waals surface area contributed by atoms with Crippen LogP contribution in [-0.2, 0) is 4.79 Å². The van der Waals surface area contributed by atoms with Crippen molar-refractivity contribution in [3.8, 4) is 11.5 Å². The van der Waals surface area contributed by atoms with Gasteiger partial charge in [-0.25, -0.2) is 0 Å². The van der Waals surface area contributed by atoms with Crippen LogP contribution in [-0.4, -0.2) is 19.1 Å².